The molecule has 0 spiro atoms. The van der Waals surface area contributed by atoms with Gasteiger partial charge < -0.3 is 24.2 Å². The van der Waals surface area contributed by atoms with Gasteiger partial charge in [-0.15, -0.1) is 0 Å². The lowest BCUT2D eigenvalue weighted by Crippen LogP contribution is -2.34. The van der Waals surface area contributed by atoms with Crippen molar-refractivity contribution < 1.29 is 18.8 Å². The first-order valence-corrected chi connectivity index (χ1v) is 9.78. The maximum Gasteiger partial charge on any atom is 0.322 e. The number of methoxy groups -OCH3 is 2. The van der Waals surface area contributed by atoms with Crippen LogP contribution in [0.5, 0.6) is 11.5 Å². The average molecular weight is 408 g/mol. The van der Waals surface area contributed by atoms with E-state index in [-0.39, 0.29) is 12.1 Å². The van der Waals surface area contributed by atoms with Gasteiger partial charge in [0.1, 0.15) is 17.5 Å². The van der Waals surface area contributed by atoms with Crippen LogP contribution in [0.4, 0.5) is 10.5 Å². The highest BCUT2D eigenvalue weighted by molar-refractivity contribution is 5.90. The highest BCUT2D eigenvalue weighted by atomic mass is 16.5. The molecule has 2 heterocycles. The lowest BCUT2D eigenvalue weighted by atomic mass is 10.1. The van der Waals surface area contributed by atoms with Crippen molar-refractivity contribution >= 4 is 11.7 Å². The Morgan fingerprint density at radius 2 is 1.83 bits per heavy atom. The van der Waals surface area contributed by atoms with Crippen LogP contribution in [0, 0.1) is 6.92 Å². The van der Waals surface area contributed by atoms with E-state index in [0.29, 0.717) is 35.4 Å². The maximum atomic E-state index is 13.0. The number of nitrogens with one attached hydrogen (secondary N) is 1. The van der Waals surface area contributed by atoms with Gasteiger partial charge in [-0.25, -0.2) is 4.79 Å². The minimum absolute atomic E-state index is 0.233. The van der Waals surface area contributed by atoms with Crippen LogP contribution in [0.2, 0.25) is 0 Å². The number of urea groups is 1. The third-order valence-electron chi connectivity index (χ3n) is 5.15. The summed E-state index contributed by atoms with van der Waals surface area (Å²) in [5, 5.41) is 7.02. The number of aryl methyl sites for hydroxylation is 1. The molecule has 1 aromatic heterocycles. The van der Waals surface area contributed by atoms with E-state index in [1.54, 1.807) is 37.3 Å². The molecule has 1 fully saturated rings. The summed E-state index contributed by atoms with van der Waals surface area (Å²) < 4.78 is 16.1. The highest BCUT2D eigenvalue weighted by Crippen LogP contribution is 2.33. The first-order valence-electron chi connectivity index (χ1n) is 9.78. The third-order valence-corrected chi connectivity index (χ3v) is 5.15. The van der Waals surface area contributed by atoms with Crippen LogP contribution >= 0.6 is 0 Å². The van der Waals surface area contributed by atoms with E-state index in [0.717, 1.165) is 24.0 Å². The molecular formula is C22H24N4O4. The summed E-state index contributed by atoms with van der Waals surface area (Å²) in [7, 11) is 3.14. The average Bonchev–Trinajstić information content (AvgIpc) is 3.43. The highest BCUT2D eigenvalue weighted by Gasteiger charge is 2.34. The summed E-state index contributed by atoms with van der Waals surface area (Å²) in [6, 6.07) is 12.7. The zero-order valence-electron chi connectivity index (χ0n) is 17.2. The van der Waals surface area contributed by atoms with Crippen molar-refractivity contribution in [2.45, 2.75) is 25.8 Å². The molecule has 0 bridgehead atoms. The van der Waals surface area contributed by atoms with Crippen LogP contribution in [0.1, 0.15) is 30.3 Å². The monoisotopic (exact) mass is 408 g/mol. The number of nitrogens with zero attached hydrogens (tertiary/aromatic N) is 3. The zero-order valence-corrected chi connectivity index (χ0v) is 17.2. The third kappa shape index (κ3) is 4.07. The maximum absolute atomic E-state index is 13.0. The number of rotatable bonds is 5. The van der Waals surface area contributed by atoms with Crippen molar-refractivity contribution in [3.63, 3.8) is 0 Å². The predicted molar refractivity (Wildman–Crippen MR) is 112 cm³/mol. The lowest BCUT2D eigenvalue weighted by Gasteiger charge is -2.22. The van der Waals surface area contributed by atoms with Crippen LogP contribution < -0.4 is 14.8 Å². The number of anilines is 1. The summed E-state index contributed by atoms with van der Waals surface area (Å²) in [6.07, 6.45) is 1.63. The Bertz CT molecular complexity index is 1010. The standard InChI is InChI=1S/C22H24N4O4/c1-14-6-8-15(9-7-14)20-24-21(30-25-20)19-5-4-10-26(19)22(27)23-16-11-17(28-2)13-18(12-16)29-3/h6-9,11-13,19H,4-5,10H2,1-3H3,(H,23,27). The number of benzene rings is 2. The van der Waals surface area contributed by atoms with Crippen molar-refractivity contribution in [3.05, 3.63) is 53.9 Å². The second kappa shape index (κ2) is 8.44. The molecule has 3 aromatic rings. The molecule has 1 aliphatic heterocycles. The van der Waals surface area contributed by atoms with Gasteiger partial charge in [0.25, 0.3) is 0 Å². The van der Waals surface area contributed by atoms with Gasteiger partial charge in [0.2, 0.25) is 11.7 Å². The number of aromatic nitrogens is 2. The number of hydrogen-bond acceptors (Lipinski definition) is 6. The molecule has 1 aliphatic rings. The Morgan fingerprint density at radius 1 is 1.13 bits per heavy atom. The summed E-state index contributed by atoms with van der Waals surface area (Å²) in [4.78, 5) is 19.2. The van der Waals surface area contributed by atoms with Crippen molar-refractivity contribution in [1.82, 2.24) is 15.0 Å². The molecule has 1 saturated heterocycles. The molecule has 4 rings (SSSR count). The molecule has 156 valence electrons. The molecule has 0 radical (unpaired) electrons. The fourth-order valence-electron chi connectivity index (χ4n) is 3.53. The molecule has 1 unspecified atom stereocenters. The Morgan fingerprint density at radius 3 is 2.50 bits per heavy atom. The quantitative estimate of drug-likeness (QED) is 0.672. The zero-order chi connectivity index (χ0) is 21.1. The van der Waals surface area contributed by atoms with Crippen molar-refractivity contribution in [2.75, 3.05) is 26.1 Å². The minimum atomic E-state index is -0.260. The van der Waals surface area contributed by atoms with E-state index in [9.17, 15) is 4.79 Å². The van der Waals surface area contributed by atoms with E-state index < -0.39 is 0 Å². The van der Waals surface area contributed by atoms with Crippen LogP contribution in [-0.4, -0.2) is 41.8 Å². The largest absolute Gasteiger partial charge is 0.497 e. The molecule has 2 aromatic carbocycles. The number of carbonyl (C=O) groups is 1. The fraction of sp³-hybridized carbons (Fsp3) is 0.318. The van der Waals surface area contributed by atoms with E-state index in [4.69, 9.17) is 14.0 Å². The van der Waals surface area contributed by atoms with Crippen LogP contribution in [0.3, 0.4) is 0 Å². The molecule has 1 N–H and O–H groups in total. The molecule has 30 heavy (non-hydrogen) atoms. The minimum Gasteiger partial charge on any atom is -0.497 e. The van der Waals surface area contributed by atoms with Gasteiger partial charge >= 0.3 is 6.03 Å². The van der Waals surface area contributed by atoms with Gasteiger partial charge in [-0.1, -0.05) is 35.0 Å². The van der Waals surface area contributed by atoms with Gasteiger partial charge in [-0.3, -0.25) is 0 Å². The van der Waals surface area contributed by atoms with Gasteiger partial charge in [-0.2, -0.15) is 4.98 Å². The second-order valence-electron chi connectivity index (χ2n) is 7.21. The van der Waals surface area contributed by atoms with Gasteiger partial charge in [0.05, 0.1) is 14.2 Å². The van der Waals surface area contributed by atoms with Crippen molar-refractivity contribution in [1.29, 1.82) is 0 Å². The molecule has 8 nitrogen and oxygen atoms in total. The molecule has 8 heteroatoms. The number of ether oxygens (including phenoxy) is 2. The van der Waals surface area contributed by atoms with Crippen LogP contribution in [-0.2, 0) is 0 Å². The number of likely N-dealkylation sites (tertiary alicyclic amines) is 1. The first kappa shape index (κ1) is 19.8. The van der Waals surface area contributed by atoms with Gasteiger partial charge in [-0.05, 0) is 19.8 Å². The Kier molecular flexibility index (Phi) is 5.56. The molecule has 2 amide bonds. The Labute approximate surface area is 174 Å². The van der Waals surface area contributed by atoms with Crippen LogP contribution in [0.15, 0.2) is 47.0 Å². The second-order valence-corrected chi connectivity index (χ2v) is 7.21. The Hall–Kier alpha value is -3.55. The van der Waals surface area contributed by atoms with Gasteiger partial charge in [0, 0.05) is 36.0 Å². The summed E-state index contributed by atoms with van der Waals surface area (Å²) >= 11 is 0. The van der Waals surface area contributed by atoms with E-state index in [1.165, 1.54) is 0 Å². The van der Waals surface area contributed by atoms with Crippen molar-refractivity contribution in [2.24, 2.45) is 0 Å². The molecule has 0 aliphatic carbocycles. The van der Waals surface area contributed by atoms with Crippen LogP contribution in [0.25, 0.3) is 11.4 Å². The van der Waals surface area contributed by atoms with E-state index in [1.807, 2.05) is 31.2 Å². The number of amides is 2. The normalized spacial score (nSPS) is 15.8. The van der Waals surface area contributed by atoms with E-state index >= 15 is 0 Å². The molecule has 0 saturated carbocycles. The van der Waals surface area contributed by atoms with Crippen molar-refractivity contribution in [3.8, 4) is 22.9 Å². The summed E-state index contributed by atoms with van der Waals surface area (Å²) in [5.41, 5.74) is 2.64. The lowest BCUT2D eigenvalue weighted by molar-refractivity contribution is 0.193. The number of hydrogen-bond donors (Lipinski definition) is 1. The summed E-state index contributed by atoms with van der Waals surface area (Å²) in [6.45, 7) is 2.64. The topological polar surface area (TPSA) is 89.7 Å². The van der Waals surface area contributed by atoms with E-state index in [2.05, 4.69) is 15.5 Å². The van der Waals surface area contributed by atoms with Gasteiger partial charge in [0.15, 0.2) is 0 Å². The molecular weight excluding hydrogens is 384 g/mol. The fourth-order valence-corrected chi connectivity index (χ4v) is 3.53. The Balaban J connectivity index is 1.51. The first-order chi connectivity index (χ1) is 14.6. The predicted octanol–water partition coefficient (Wildman–Crippen LogP) is 4.43. The number of carbonyl (C=O) groups excluding carboxylic acids is 1. The summed E-state index contributed by atoms with van der Waals surface area (Å²) in [5.74, 6) is 2.17. The molecule has 1 atom stereocenters. The smallest absolute Gasteiger partial charge is 0.322 e. The SMILES string of the molecule is COc1cc(NC(=O)N2CCCC2c2nc(-c3ccc(C)cc3)no2)cc(OC)c1.